The van der Waals surface area contributed by atoms with E-state index in [1.54, 1.807) is 0 Å². The highest BCUT2D eigenvalue weighted by atomic mass is 35.5. The quantitative estimate of drug-likeness (QED) is 0.925. The van der Waals surface area contributed by atoms with Crippen molar-refractivity contribution in [3.8, 4) is 0 Å². The van der Waals surface area contributed by atoms with Crippen LogP contribution in [-0.4, -0.2) is 24.0 Å². The Morgan fingerprint density at radius 3 is 2.90 bits per heavy atom. The molecule has 1 saturated carbocycles. The molecule has 3 unspecified atom stereocenters. The Morgan fingerprint density at radius 1 is 1.20 bits per heavy atom. The average Bonchev–Trinajstić information content (AvgIpc) is 3.09. The number of rotatable bonds is 2. The fourth-order valence-corrected chi connectivity index (χ4v) is 3.92. The maximum Gasteiger partial charge on any atom is 0.134 e. The molecule has 2 fully saturated rings. The van der Waals surface area contributed by atoms with Gasteiger partial charge in [0.25, 0.3) is 0 Å². The summed E-state index contributed by atoms with van der Waals surface area (Å²) in [7, 11) is 0. The van der Waals surface area contributed by atoms with Gasteiger partial charge in [-0.05, 0) is 30.7 Å². The standard InChI is InChI=1S/C16H20N2O.ClH/c17-15-6-5-11-7-18(9-14(11)15)8-12-10-19-16-4-2-1-3-13(12)16;/h1-4,10-11,14-15H,5-9,17H2;1H. The van der Waals surface area contributed by atoms with Gasteiger partial charge in [-0.15, -0.1) is 12.4 Å². The van der Waals surface area contributed by atoms with Crippen molar-refractivity contribution in [1.29, 1.82) is 0 Å². The molecule has 1 aliphatic carbocycles. The number of benzene rings is 1. The normalized spacial score (nSPS) is 29.6. The number of likely N-dealkylation sites (tertiary alicyclic amines) is 1. The Labute approximate surface area is 125 Å². The smallest absolute Gasteiger partial charge is 0.134 e. The summed E-state index contributed by atoms with van der Waals surface area (Å²) in [5, 5.41) is 1.25. The molecule has 20 heavy (non-hydrogen) atoms. The van der Waals surface area contributed by atoms with Crippen molar-refractivity contribution >= 4 is 23.4 Å². The van der Waals surface area contributed by atoms with E-state index < -0.39 is 0 Å². The molecule has 1 saturated heterocycles. The highest BCUT2D eigenvalue weighted by Crippen LogP contribution is 2.38. The monoisotopic (exact) mass is 292 g/mol. The second-order valence-electron chi connectivity index (χ2n) is 6.12. The zero-order valence-electron chi connectivity index (χ0n) is 11.5. The molecule has 3 nitrogen and oxygen atoms in total. The summed E-state index contributed by atoms with van der Waals surface area (Å²) >= 11 is 0. The highest BCUT2D eigenvalue weighted by molar-refractivity contribution is 5.85. The van der Waals surface area contributed by atoms with Gasteiger partial charge >= 0.3 is 0 Å². The number of nitrogens with two attached hydrogens (primary N) is 1. The molecule has 3 atom stereocenters. The van der Waals surface area contributed by atoms with Crippen LogP contribution >= 0.6 is 12.4 Å². The van der Waals surface area contributed by atoms with Gasteiger partial charge in [0.2, 0.25) is 0 Å². The Balaban J connectivity index is 0.00000121. The van der Waals surface area contributed by atoms with Crippen LogP contribution in [0.2, 0.25) is 0 Å². The number of hydrogen-bond donors (Lipinski definition) is 1. The number of halogens is 1. The van der Waals surface area contributed by atoms with Gasteiger partial charge in [-0.1, -0.05) is 18.2 Å². The van der Waals surface area contributed by atoms with Gasteiger partial charge in [0, 0.05) is 36.6 Å². The third kappa shape index (κ3) is 2.24. The van der Waals surface area contributed by atoms with Gasteiger partial charge in [0.15, 0.2) is 0 Å². The second-order valence-corrected chi connectivity index (χ2v) is 6.12. The Hall–Kier alpha value is -1.03. The van der Waals surface area contributed by atoms with Gasteiger partial charge in [-0.3, -0.25) is 4.90 Å². The lowest BCUT2D eigenvalue weighted by Gasteiger charge is -2.17. The van der Waals surface area contributed by atoms with E-state index in [9.17, 15) is 0 Å². The van der Waals surface area contributed by atoms with Crippen LogP contribution in [-0.2, 0) is 6.54 Å². The van der Waals surface area contributed by atoms with E-state index in [1.807, 2.05) is 18.4 Å². The maximum absolute atomic E-state index is 6.20. The van der Waals surface area contributed by atoms with E-state index in [1.165, 1.54) is 30.3 Å². The predicted molar refractivity (Wildman–Crippen MR) is 82.9 cm³/mol. The third-order valence-corrected chi connectivity index (χ3v) is 4.94. The summed E-state index contributed by atoms with van der Waals surface area (Å²) in [6.07, 6.45) is 4.45. The molecule has 1 aromatic carbocycles. The zero-order valence-corrected chi connectivity index (χ0v) is 12.3. The molecule has 0 bridgehead atoms. The topological polar surface area (TPSA) is 42.4 Å². The highest BCUT2D eigenvalue weighted by Gasteiger charge is 2.40. The molecule has 1 aromatic heterocycles. The largest absolute Gasteiger partial charge is 0.464 e. The lowest BCUT2D eigenvalue weighted by molar-refractivity contribution is 0.298. The molecule has 0 amide bonds. The Kier molecular flexibility index (Phi) is 3.76. The molecule has 4 rings (SSSR count). The van der Waals surface area contributed by atoms with Crippen LogP contribution in [0.3, 0.4) is 0 Å². The maximum atomic E-state index is 6.20. The molecule has 4 heteroatoms. The van der Waals surface area contributed by atoms with Crippen molar-refractivity contribution < 1.29 is 4.42 Å². The summed E-state index contributed by atoms with van der Waals surface area (Å²) in [6, 6.07) is 8.71. The summed E-state index contributed by atoms with van der Waals surface area (Å²) in [5.74, 6) is 1.55. The first kappa shape index (κ1) is 13.9. The van der Waals surface area contributed by atoms with Crippen molar-refractivity contribution in [1.82, 2.24) is 4.90 Å². The third-order valence-electron chi connectivity index (χ3n) is 4.94. The average molecular weight is 293 g/mol. The summed E-state index contributed by atoms with van der Waals surface area (Å²) < 4.78 is 5.62. The van der Waals surface area contributed by atoms with Crippen molar-refractivity contribution in [3.63, 3.8) is 0 Å². The molecule has 2 N–H and O–H groups in total. The molecule has 0 spiro atoms. The van der Waals surface area contributed by atoms with Crippen molar-refractivity contribution in [2.75, 3.05) is 13.1 Å². The van der Waals surface area contributed by atoms with Gasteiger partial charge < -0.3 is 10.2 Å². The summed E-state index contributed by atoms with van der Waals surface area (Å²) in [5.41, 5.74) is 8.50. The van der Waals surface area contributed by atoms with Crippen molar-refractivity contribution in [3.05, 3.63) is 36.1 Å². The number of furan rings is 1. The van der Waals surface area contributed by atoms with Crippen LogP contribution in [0.4, 0.5) is 0 Å². The zero-order chi connectivity index (χ0) is 12.8. The van der Waals surface area contributed by atoms with Crippen LogP contribution in [0.15, 0.2) is 34.9 Å². The first-order valence-electron chi connectivity index (χ1n) is 7.24. The Bertz CT molecular complexity index is 597. The van der Waals surface area contributed by atoms with Crippen LogP contribution in [0.5, 0.6) is 0 Å². The Morgan fingerprint density at radius 2 is 2.05 bits per heavy atom. The first-order valence-corrected chi connectivity index (χ1v) is 7.24. The van der Waals surface area contributed by atoms with E-state index in [0.29, 0.717) is 6.04 Å². The van der Waals surface area contributed by atoms with E-state index >= 15 is 0 Å². The summed E-state index contributed by atoms with van der Waals surface area (Å²) in [4.78, 5) is 2.55. The lowest BCUT2D eigenvalue weighted by atomic mass is 9.98. The number of fused-ring (bicyclic) bond motifs is 2. The number of nitrogens with zero attached hydrogens (tertiary/aromatic N) is 1. The van der Waals surface area contributed by atoms with Crippen LogP contribution in [0.1, 0.15) is 18.4 Å². The van der Waals surface area contributed by atoms with Gasteiger partial charge in [0.05, 0.1) is 6.26 Å². The van der Waals surface area contributed by atoms with E-state index in [-0.39, 0.29) is 12.4 Å². The van der Waals surface area contributed by atoms with E-state index in [4.69, 9.17) is 10.2 Å². The number of para-hydroxylation sites is 1. The van der Waals surface area contributed by atoms with Crippen molar-refractivity contribution in [2.24, 2.45) is 17.6 Å². The molecule has 2 aromatic rings. The molecular weight excluding hydrogens is 272 g/mol. The van der Waals surface area contributed by atoms with E-state index in [0.717, 1.165) is 30.5 Å². The fraction of sp³-hybridized carbons (Fsp3) is 0.500. The van der Waals surface area contributed by atoms with E-state index in [2.05, 4.69) is 17.0 Å². The minimum atomic E-state index is 0. The minimum Gasteiger partial charge on any atom is -0.464 e. The second kappa shape index (κ2) is 5.40. The SMILES string of the molecule is Cl.NC1CCC2CN(Cc3coc4ccccc34)CC12. The van der Waals surface area contributed by atoms with Crippen LogP contribution in [0, 0.1) is 11.8 Å². The van der Waals surface area contributed by atoms with Crippen LogP contribution < -0.4 is 5.73 Å². The van der Waals surface area contributed by atoms with Gasteiger partial charge in [0.1, 0.15) is 5.58 Å². The first-order chi connectivity index (χ1) is 9.31. The predicted octanol–water partition coefficient (Wildman–Crippen LogP) is 3.02. The minimum absolute atomic E-state index is 0. The molecule has 2 aliphatic rings. The molecule has 2 heterocycles. The van der Waals surface area contributed by atoms with Gasteiger partial charge in [-0.2, -0.15) is 0 Å². The van der Waals surface area contributed by atoms with Crippen molar-refractivity contribution in [2.45, 2.75) is 25.4 Å². The molecule has 0 radical (unpaired) electrons. The number of hydrogen-bond acceptors (Lipinski definition) is 3. The lowest BCUT2D eigenvalue weighted by Crippen LogP contribution is -2.30. The fourth-order valence-electron chi connectivity index (χ4n) is 3.92. The van der Waals surface area contributed by atoms with Gasteiger partial charge in [-0.25, -0.2) is 0 Å². The molecule has 108 valence electrons. The summed E-state index contributed by atoms with van der Waals surface area (Å²) in [6.45, 7) is 3.36. The van der Waals surface area contributed by atoms with Crippen LogP contribution in [0.25, 0.3) is 11.0 Å². The molecular formula is C16H21ClN2O. The molecule has 1 aliphatic heterocycles.